The number of aromatic nitrogens is 1. The lowest BCUT2D eigenvalue weighted by atomic mass is 10.2. The molecule has 0 bridgehead atoms. The molecule has 1 aliphatic heterocycles. The van der Waals surface area contributed by atoms with E-state index in [4.69, 9.17) is 4.98 Å². The predicted octanol–water partition coefficient (Wildman–Crippen LogP) is 4.02. The number of hydrogen-bond acceptors (Lipinski definition) is 6. The van der Waals surface area contributed by atoms with Crippen molar-refractivity contribution in [1.82, 2.24) is 14.2 Å². The summed E-state index contributed by atoms with van der Waals surface area (Å²) in [4.78, 5) is 22.1. The summed E-state index contributed by atoms with van der Waals surface area (Å²) in [5, 5.41) is 0.645. The van der Waals surface area contributed by atoms with Gasteiger partial charge in [0, 0.05) is 31.7 Å². The maximum atomic E-state index is 13.4. The number of anilines is 1. The van der Waals surface area contributed by atoms with Gasteiger partial charge in [-0.05, 0) is 75.8 Å². The Bertz CT molecular complexity index is 1220. The van der Waals surface area contributed by atoms with Crippen LogP contribution in [0, 0.1) is 6.92 Å². The zero-order valence-corrected chi connectivity index (χ0v) is 21.5. The minimum atomic E-state index is -3.50. The second kappa shape index (κ2) is 10.5. The van der Waals surface area contributed by atoms with Crippen LogP contribution in [0.3, 0.4) is 0 Å². The van der Waals surface area contributed by atoms with Gasteiger partial charge in [0.25, 0.3) is 5.91 Å². The Balaban J connectivity index is 0.00000306. The van der Waals surface area contributed by atoms with Crippen molar-refractivity contribution in [3.63, 3.8) is 0 Å². The van der Waals surface area contributed by atoms with Crippen LogP contribution >= 0.6 is 23.7 Å². The van der Waals surface area contributed by atoms with Gasteiger partial charge in [-0.1, -0.05) is 17.4 Å². The van der Waals surface area contributed by atoms with Gasteiger partial charge in [0.1, 0.15) is 0 Å². The summed E-state index contributed by atoms with van der Waals surface area (Å²) in [7, 11) is 0.416. The zero-order chi connectivity index (χ0) is 22.9. The van der Waals surface area contributed by atoms with Gasteiger partial charge in [-0.15, -0.1) is 12.4 Å². The lowest BCUT2D eigenvalue weighted by Gasteiger charge is -2.22. The summed E-state index contributed by atoms with van der Waals surface area (Å²) in [6.45, 7) is 4.31. The number of aryl methyl sites for hydroxylation is 1. The van der Waals surface area contributed by atoms with Gasteiger partial charge in [0.15, 0.2) is 5.13 Å². The number of sulfonamides is 1. The molecule has 0 spiro atoms. The molecule has 4 rings (SSSR count). The van der Waals surface area contributed by atoms with E-state index in [2.05, 4.69) is 6.07 Å². The first-order chi connectivity index (χ1) is 15.3. The maximum absolute atomic E-state index is 13.4. The molecule has 1 aromatic heterocycles. The van der Waals surface area contributed by atoms with Gasteiger partial charge in [-0.2, -0.15) is 4.31 Å². The SMILES string of the molecule is Cc1ccc2nc(N(CCN(C)C)C(=O)c3ccc(S(=O)(=O)N4CCCC4)cc3)sc2c1.Cl. The van der Waals surface area contributed by atoms with Crippen molar-refractivity contribution < 1.29 is 13.2 Å². The van der Waals surface area contributed by atoms with E-state index in [1.807, 2.05) is 38.1 Å². The number of halogens is 1. The van der Waals surface area contributed by atoms with Gasteiger partial charge in [0.2, 0.25) is 10.0 Å². The lowest BCUT2D eigenvalue weighted by molar-refractivity contribution is 0.0985. The first-order valence-electron chi connectivity index (χ1n) is 10.7. The van der Waals surface area contributed by atoms with Gasteiger partial charge in [0.05, 0.1) is 15.1 Å². The van der Waals surface area contributed by atoms with Crippen LogP contribution in [-0.2, 0) is 10.0 Å². The molecule has 7 nitrogen and oxygen atoms in total. The van der Waals surface area contributed by atoms with Gasteiger partial charge in [-0.3, -0.25) is 9.69 Å². The number of hydrogen-bond donors (Lipinski definition) is 0. The van der Waals surface area contributed by atoms with Crippen LogP contribution in [0.2, 0.25) is 0 Å². The fourth-order valence-electron chi connectivity index (χ4n) is 3.72. The van der Waals surface area contributed by atoms with E-state index in [9.17, 15) is 13.2 Å². The number of amides is 1. The molecular weight excluding hydrogens is 480 g/mol. The molecule has 0 saturated carbocycles. The molecule has 1 saturated heterocycles. The van der Waals surface area contributed by atoms with E-state index in [0.29, 0.717) is 36.9 Å². The van der Waals surface area contributed by atoms with Crippen molar-refractivity contribution in [3.8, 4) is 0 Å². The molecule has 2 heterocycles. The van der Waals surface area contributed by atoms with E-state index < -0.39 is 10.0 Å². The number of carbonyl (C=O) groups is 1. The summed E-state index contributed by atoms with van der Waals surface area (Å²) >= 11 is 1.49. The molecule has 0 aliphatic carbocycles. The highest BCUT2D eigenvalue weighted by atomic mass is 35.5. The quantitative estimate of drug-likeness (QED) is 0.482. The fraction of sp³-hybridized carbons (Fsp3) is 0.391. The first kappa shape index (κ1) is 25.6. The second-order valence-electron chi connectivity index (χ2n) is 8.36. The molecule has 2 aromatic carbocycles. The average Bonchev–Trinajstić information content (AvgIpc) is 3.44. The van der Waals surface area contributed by atoms with Gasteiger partial charge >= 0.3 is 0 Å². The highest BCUT2D eigenvalue weighted by molar-refractivity contribution is 7.89. The third-order valence-corrected chi connectivity index (χ3v) is 8.54. The Labute approximate surface area is 205 Å². The van der Waals surface area contributed by atoms with E-state index in [1.54, 1.807) is 17.0 Å². The molecule has 0 unspecified atom stereocenters. The number of benzene rings is 2. The van der Waals surface area contributed by atoms with Crippen LogP contribution in [0.5, 0.6) is 0 Å². The molecule has 1 fully saturated rings. The molecule has 178 valence electrons. The summed E-state index contributed by atoms with van der Waals surface area (Å²) in [5.74, 6) is -0.187. The molecule has 1 aliphatic rings. The van der Waals surface area contributed by atoms with Crippen LogP contribution in [-0.4, -0.2) is 68.8 Å². The van der Waals surface area contributed by atoms with Gasteiger partial charge in [-0.25, -0.2) is 13.4 Å². The van der Waals surface area contributed by atoms with Crippen LogP contribution in [0.25, 0.3) is 10.2 Å². The molecule has 0 radical (unpaired) electrons. The topological polar surface area (TPSA) is 73.8 Å². The third kappa shape index (κ3) is 5.55. The fourth-order valence-corrected chi connectivity index (χ4v) is 6.33. The number of likely N-dealkylation sites (N-methyl/N-ethyl adjacent to an activating group) is 1. The Hall–Kier alpha value is -2.04. The van der Waals surface area contributed by atoms with Crippen molar-refractivity contribution in [3.05, 3.63) is 53.6 Å². The number of rotatable bonds is 7. The highest BCUT2D eigenvalue weighted by Crippen LogP contribution is 2.30. The standard InChI is InChI=1S/C23H28N4O3S2.ClH/c1-17-6-11-20-21(16-17)31-23(24-20)27(15-14-25(2)3)22(28)18-7-9-19(10-8-18)32(29,30)26-12-4-5-13-26;/h6-11,16H,4-5,12-15H2,1-3H3;1H. The Morgan fingerprint density at radius 3 is 2.36 bits per heavy atom. The van der Waals surface area contributed by atoms with Crippen LogP contribution in [0.1, 0.15) is 28.8 Å². The largest absolute Gasteiger partial charge is 0.308 e. The van der Waals surface area contributed by atoms with Crippen LogP contribution in [0.4, 0.5) is 5.13 Å². The summed E-state index contributed by atoms with van der Waals surface area (Å²) in [6, 6.07) is 12.3. The maximum Gasteiger partial charge on any atom is 0.260 e. The minimum Gasteiger partial charge on any atom is -0.308 e. The highest BCUT2D eigenvalue weighted by Gasteiger charge is 2.28. The number of thiazole rings is 1. The molecular formula is C23H29ClN4O3S2. The number of nitrogens with zero attached hydrogens (tertiary/aromatic N) is 4. The monoisotopic (exact) mass is 508 g/mol. The van der Waals surface area contributed by atoms with E-state index in [1.165, 1.54) is 27.8 Å². The predicted molar refractivity (Wildman–Crippen MR) is 136 cm³/mol. The van der Waals surface area contributed by atoms with Gasteiger partial charge < -0.3 is 4.90 Å². The lowest BCUT2D eigenvalue weighted by Crippen LogP contribution is -2.36. The third-order valence-electron chi connectivity index (χ3n) is 5.58. The Morgan fingerprint density at radius 2 is 1.73 bits per heavy atom. The van der Waals surface area contributed by atoms with Crippen LogP contribution in [0.15, 0.2) is 47.4 Å². The smallest absolute Gasteiger partial charge is 0.260 e. The van der Waals surface area contributed by atoms with Crippen LogP contribution < -0.4 is 4.90 Å². The van der Waals surface area contributed by atoms with Crippen molar-refractivity contribution in [1.29, 1.82) is 0 Å². The second-order valence-corrected chi connectivity index (χ2v) is 11.3. The number of carbonyl (C=O) groups excluding carboxylic acids is 1. The van der Waals surface area contributed by atoms with Crippen molar-refractivity contribution in [2.75, 3.05) is 45.2 Å². The van der Waals surface area contributed by atoms with E-state index in [-0.39, 0.29) is 23.2 Å². The molecule has 0 atom stereocenters. The van der Waals surface area contributed by atoms with E-state index in [0.717, 1.165) is 28.6 Å². The van der Waals surface area contributed by atoms with E-state index >= 15 is 0 Å². The first-order valence-corrected chi connectivity index (χ1v) is 13.0. The van der Waals surface area contributed by atoms with Crippen molar-refractivity contribution in [2.45, 2.75) is 24.7 Å². The average molecular weight is 509 g/mol. The van der Waals surface area contributed by atoms with Crippen molar-refractivity contribution >= 4 is 55.0 Å². The Morgan fingerprint density at radius 1 is 1.06 bits per heavy atom. The summed E-state index contributed by atoms with van der Waals surface area (Å²) in [6.07, 6.45) is 1.77. The molecule has 10 heteroatoms. The summed E-state index contributed by atoms with van der Waals surface area (Å²) < 4.78 is 28.1. The molecule has 3 aromatic rings. The normalized spacial score (nSPS) is 14.5. The minimum absolute atomic E-state index is 0. The molecule has 0 N–H and O–H groups in total. The Kier molecular flexibility index (Phi) is 8.13. The number of fused-ring (bicyclic) bond motifs is 1. The molecule has 1 amide bonds. The van der Waals surface area contributed by atoms with Crippen molar-refractivity contribution in [2.24, 2.45) is 0 Å². The molecule has 33 heavy (non-hydrogen) atoms. The zero-order valence-electron chi connectivity index (χ0n) is 19.0. The summed E-state index contributed by atoms with van der Waals surface area (Å²) in [5.41, 5.74) is 2.46.